The molecule has 2 heterocycles. The van der Waals surface area contributed by atoms with Crippen LogP contribution in [-0.4, -0.2) is 39.2 Å². The normalized spacial score (nSPS) is 15.5. The van der Waals surface area contributed by atoms with Crippen molar-refractivity contribution < 1.29 is 19.1 Å². The van der Waals surface area contributed by atoms with Gasteiger partial charge in [0, 0.05) is 32.0 Å². The predicted molar refractivity (Wildman–Crippen MR) is 130 cm³/mol. The van der Waals surface area contributed by atoms with Gasteiger partial charge in [0.05, 0.1) is 11.0 Å². The Balaban J connectivity index is 0.00000199. The zero-order valence-corrected chi connectivity index (χ0v) is 20.8. The van der Waals surface area contributed by atoms with Crippen LogP contribution in [0.4, 0.5) is 4.79 Å². The predicted octanol–water partition coefficient (Wildman–Crippen LogP) is 3.00. The van der Waals surface area contributed by atoms with E-state index in [1.54, 1.807) is 19.2 Å². The van der Waals surface area contributed by atoms with Crippen molar-refractivity contribution in [3.8, 4) is 11.8 Å². The van der Waals surface area contributed by atoms with Gasteiger partial charge in [-0.25, -0.2) is 9.59 Å². The summed E-state index contributed by atoms with van der Waals surface area (Å²) < 4.78 is 8.10. The number of ether oxygens (including phenoxy) is 1. The lowest BCUT2D eigenvalue weighted by molar-refractivity contribution is -0.135. The zero-order valence-electron chi connectivity index (χ0n) is 20.8. The lowest BCUT2D eigenvalue weighted by Gasteiger charge is -2.21. The number of aromatic nitrogens is 2. The molecule has 0 radical (unpaired) electrons. The number of carbonyl (C=O) groups excluding carboxylic acids is 3. The molecule has 9 nitrogen and oxygen atoms in total. The summed E-state index contributed by atoms with van der Waals surface area (Å²) in [7, 11) is 1.65. The van der Waals surface area contributed by atoms with Crippen LogP contribution in [0.15, 0.2) is 23.0 Å². The highest BCUT2D eigenvalue weighted by atomic mass is 16.6. The number of amides is 3. The molecule has 3 rings (SSSR count). The van der Waals surface area contributed by atoms with Gasteiger partial charge in [-0.2, -0.15) is 0 Å². The standard InChI is InChI=1S/C23H28N4O5.C2H6/c1-23(2,3)32-21(30)24-13-7-5-6-8-15-9-10-16-18(14-15)26(4)22(31)27(16)17-11-12-19(28)25-20(17)29;1-2/h9-10,14,17H,5,7,11-13H2,1-4H3,(H,24,30)(H,25,28,29);1-2H3. The molecule has 0 aliphatic carbocycles. The highest BCUT2D eigenvalue weighted by Gasteiger charge is 2.31. The van der Waals surface area contributed by atoms with Crippen molar-refractivity contribution in [2.75, 3.05) is 6.54 Å². The van der Waals surface area contributed by atoms with Crippen molar-refractivity contribution >= 4 is 28.9 Å². The van der Waals surface area contributed by atoms with Crippen LogP contribution in [0.3, 0.4) is 0 Å². The number of alkyl carbamates (subject to hydrolysis) is 1. The van der Waals surface area contributed by atoms with E-state index in [9.17, 15) is 19.2 Å². The summed E-state index contributed by atoms with van der Waals surface area (Å²) in [4.78, 5) is 48.1. The van der Waals surface area contributed by atoms with Crippen LogP contribution in [0.2, 0.25) is 0 Å². The molecule has 1 unspecified atom stereocenters. The van der Waals surface area contributed by atoms with Crippen molar-refractivity contribution in [3.63, 3.8) is 0 Å². The number of piperidine rings is 1. The van der Waals surface area contributed by atoms with Crippen molar-refractivity contribution in [2.24, 2.45) is 7.05 Å². The van der Waals surface area contributed by atoms with E-state index in [0.717, 1.165) is 5.56 Å². The van der Waals surface area contributed by atoms with E-state index >= 15 is 0 Å². The second-order valence-electron chi connectivity index (χ2n) is 8.72. The van der Waals surface area contributed by atoms with E-state index in [2.05, 4.69) is 22.5 Å². The molecule has 1 saturated heterocycles. The van der Waals surface area contributed by atoms with E-state index in [1.807, 2.05) is 40.7 Å². The molecule has 3 amide bonds. The number of nitrogens with zero attached hydrogens (tertiary/aromatic N) is 2. The molecule has 1 fully saturated rings. The molecular weight excluding hydrogens is 436 g/mol. The fourth-order valence-corrected chi connectivity index (χ4v) is 3.52. The number of carbonyl (C=O) groups is 3. The monoisotopic (exact) mass is 470 g/mol. The first kappa shape index (κ1) is 26.7. The highest BCUT2D eigenvalue weighted by molar-refractivity contribution is 6.00. The van der Waals surface area contributed by atoms with Gasteiger partial charge < -0.3 is 10.1 Å². The summed E-state index contributed by atoms with van der Waals surface area (Å²) in [6, 6.07) is 4.67. The molecule has 2 aromatic rings. The number of benzene rings is 1. The van der Waals surface area contributed by atoms with Crippen molar-refractivity contribution in [2.45, 2.75) is 71.9 Å². The average Bonchev–Trinajstić information content (AvgIpc) is 3.01. The van der Waals surface area contributed by atoms with Crippen LogP contribution in [0.1, 0.15) is 71.9 Å². The van der Waals surface area contributed by atoms with Crippen molar-refractivity contribution in [3.05, 3.63) is 34.2 Å². The van der Waals surface area contributed by atoms with Gasteiger partial charge >= 0.3 is 11.8 Å². The Labute approximate surface area is 199 Å². The minimum atomic E-state index is -0.710. The Bertz CT molecular complexity index is 1170. The van der Waals surface area contributed by atoms with E-state index in [-0.39, 0.29) is 18.0 Å². The third kappa shape index (κ3) is 6.73. The first-order valence-corrected chi connectivity index (χ1v) is 11.6. The quantitative estimate of drug-likeness (QED) is 0.405. The number of fused-ring (bicyclic) bond motifs is 1. The van der Waals surface area contributed by atoms with E-state index < -0.39 is 23.6 Å². The Morgan fingerprint density at radius 1 is 1.21 bits per heavy atom. The van der Waals surface area contributed by atoms with Gasteiger partial charge in [-0.3, -0.25) is 24.0 Å². The molecule has 9 heteroatoms. The summed E-state index contributed by atoms with van der Waals surface area (Å²) in [6.07, 6.45) is 1.31. The number of rotatable bonds is 4. The maximum atomic E-state index is 12.8. The SMILES string of the molecule is CC.Cn1c(=O)n(C2CCC(=O)NC2=O)c2ccc(C#CCCCNC(=O)OC(C)(C)C)cc21. The maximum Gasteiger partial charge on any atom is 0.407 e. The molecule has 0 saturated carbocycles. The molecule has 1 aliphatic heterocycles. The molecule has 1 aromatic heterocycles. The number of unbranched alkanes of at least 4 members (excludes halogenated alkanes) is 1. The molecule has 0 spiro atoms. The molecule has 184 valence electrons. The second-order valence-corrected chi connectivity index (χ2v) is 8.72. The molecule has 34 heavy (non-hydrogen) atoms. The van der Waals surface area contributed by atoms with Gasteiger partial charge in [0.15, 0.2) is 0 Å². The Hall–Kier alpha value is -3.54. The maximum absolute atomic E-state index is 12.8. The average molecular weight is 471 g/mol. The second kappa shape index (κ2) is 11.5. The largest absolute Gasteiger partial charge is 0.444 e. The minimum absolute atomic E-state index is 0.200. The number of nitrogens with one attached hydrogen (secondary N) is 2. The molecule has 0 bridgehead atoms. The first-order chi connectivity index (χ1) is 16.1. The van der Waals surface area contributed by atoms with Gasteiger partial charge in [0.2, 0.25) is 11.8 Å². The summed E-state index contributed by atoms with van der Waals surface area (Å²) in [6.45, 7) is 9.89. The fourth-order valence-electron chi connectivity index (χ4n) is 3.52. The number of hydrogen-bond acceptors (Lipinski definition) is 5. The number of hydrogen-bond donors (Lipinski definition) is 2. The molecule has 2 N–H and O–H groups in total. The number of aryl methyl sites for hydroxylation is 1. The Morgan fingerprint density at radius 3 is 2.56 bits per heavy atom. The summed E-state index contributed by atoms with van der Waals surface area (Å²) in [5.74, 6) is 5.36. The topological polar surface area (TPSA) is 111 Å². The van der Waals surface area contributed by atoms with Crippen LogP contribution >= 0.6 is 0 Å². The molecule has 1 aliphatic rings. The fraction of sp³-hybridized carbons (Fsp3) is 0.520. The smallest absolute Gasteiger partial charge is 0.407 e. The van der Waals surface area contributed by atoms with Gasteiger partial charge in [0.25, 0.3) is 0 Å². The number of imidazole rings is 1. The van der Waals surface area contributed by atoms with Gasteiger partial charge in [-0.15, -0.1) is 0 Å². The van der Waals surface area contributed by atoms with Gasteiger partial charge in [-0.05, 0) is 51.8 Å². The van der Waals surface area contributed by atoms with Crippen LogP contribution in [0.5, 0.6) is 0 Å². The lowest BCUT2D eigenvalue weighted by atomic mass is 10.1. The van der Waals surface area contributed by atoms with Gasteiger partial charge in [-0.1, -0.05) is 25.7 Å². The van der Waals surface area contributed by atoms with E-state index in [4.69, 9.17) is 4.74 Å². The molecule has 1 atom stereocenters. The minimum Gasteiger partial charge on any atom is -0.444 e. The Morgan fingerprint density at radius 2 is 1.91 bits per heavy atom. The first-order valence-electron chi connectivity index (χ1n) is 11.6. The summed E-state index contributed by atoms with van der Waals surface area (Å²) in [5, 5.41) is 4.99. The molecular formula is C25H34N4O5. The Kier molecular flexibility index (Phi) is 9.07. The van der Waals surface area contributed by atoms with Crippen LogP contribution in [-0.2, 0) is 21.4 Å². The molecule has 1 aromatic carbocycles. The van der Waals surface area contributed by atoms with E-state index in [0.29, 0.717) is 36.8 Å². The lowest BCUT2D eigenvalue weighted by Crippen LogP contribution is -2.44. The van der Waals surface area contributed by atoms with Gasteiger partial charge in [0.1, 0.15) is 11.6 Å². The summed E-state index contributed by atoms with van der Waals surface area (Å²) >= 11 is 0. The van der Waals surface area contributed by atoms with E-state index in [1.165, 1.54) is 9.13 Å². The third-order valence-electron chi connectivity index (χ3n) is 4.99. The number of imide groups is 1. The van der Waals surface area contributed by atoms with Crippen LogP contribution in [0, 0.1) is 11.8 Å². The summed E-state index contributed by atoms with van der Waals surface area (Å²) in [5.41, 5.74) is 1.19. The van der Waals surface area contributed by atoms with Crippen LogP contribution < -0.4 is 16.3 Å². The third-order valence-corrected chi connectivity index (χ3v) is 4.99. The van der Waals surface area contributed by atoms with Crippen LogP contribution in [0.25, 0.3) is 11.0 Å². The zero-order chi connectivity index (χ0) is 25.5. The van der Waals surface area contributed by atoms with Crippen molar-refractivity contribution in [1.29, 1.82) is 0 Å². The highest BCUT2D eigenvalue weighted by Crippen LogP contribution is 2.23. The van der Waals surface area contributed by atoms with Crippen molar-refractivity contribution in [1.82, 2.24) is 19.8 Å².